The number of nitrogens with two attached hydrogens (primary N) is 2. The zero-order valence-corrected chi connectivity index (χ0v) is 54.9. The molecule has 4 aromatic carbocycles. The lowest BCUT2D eigenvalue weighted by Crippen LogP contribution is -2.57. The van der Waals surface area contributed by atoms with Gasteiger partial charge in [-0.3, -0.25) is 49.2 Å². The van der Waals surface area contributed by atoms with Gasteiger partial charge in [0, 0.05) is 51.6 Å². The van der Waals surface area contributed by atoms with E-state index in [1.807, 2.05) is 121 Å². The van der Waals surface area contributed by atoms with Crippen LogP contribution in [0.25, 0.3) is 0 Å². The summed E-state index contributed by atoms with van der Waals surface area (Å²) in [6.45, 7) is 0.642. The molecule has 6 amide bonds. The van der Waals surface area contributed by atoms with Crippen LogP contribution >= 0.6 is 23.2 Å². The van der Waals surface area contributed by atoms with E-state index in [1.165, 1.54) is 38.5 Å². The number of Topliss-reactive ketones (excluding diaryl/α,β-unsaturated/α-hetero) is 2. The number of hydrogen-bond donors (Lipinski definition) is 12. The third kappa shape index (κ3) is 33.5. The minimum atomic E-state index is -1.07. The van der Waals surface area contributed by atoms with Crippen molar-refractivity contribution in [2.24, 2.45) is 11.5 Å². The molecule has 4 aromatic rings. The first-order valence-corrected chi connectivity index (χ1v) is 33.9. The second-order valence-electron chi connectivity index (χ2n) is 23.6. The van der Waals surface area contributed by atoms with Crippen molar-refractivity contribution in [3.05, 3.63) is 144 Å². The van der Waals surface area contributed by atoms with Crippen molar-refractivity contribution in [1.29, 1.82) is 10.8 Å². The molecule has 92 heavy (non-hydrogen) atoms. The van der Waals surface area contributed by atoms with E-state index >= 15 is 0 Å². The van der Waals surface area contributed by atoms with Gasteiger partial charge >= 0.3 is 0 Å². The van der Waals surface area contributed by atoms with Crippen LogP contribution < -0.4 is 54.0 Å². The summed E-state index contributed by atoms with van der Waals surface area (Å²) in [5.41, 5.74) is 14.1. The average molecular weight is 1310 g/mol. The summed E-state index contributed by atoms with van der Waals surface area (Å²) in [7, 11) is 0. The average Bonchev–Trinajstić information content (AvgIpc) is 1.38. The van der Waals surface area contributed by atoms with Crippen LogP contribution in [0, 0.1) is 10.8 Å². The number of halogens is 2. The summed E-state index contributed by atoms with van der Waals surface area (Å²) in [6, 6.07) is 31.3. The molecule has 6 unspecified atom stereocenters. The highest BCUT2D eigenvalue weighted by Gasteiger charge is 2.32. The summed E-state index contributed by atoms with van der Waals surface area (Å²) in [6.07, 6.45) is 19.3. The Labute approximate surface area is 554 Å². The Morgan fingerprint density at radius 2 is 0.554 bits per heavy atom. The van der Waals surface area contributed by atoms with Crippen LogP contribution in [0.15, 0.2) is 121 Å². The zero-order chi connectivity index (χ0) is 66.6. The largest absolute Gasteiger partial charge is 0.370 e. The zero-order valence-electron chi connectivity index (χ0n) is 53.4. The molecule has 0 heterocycles. The lowest BCUT2D eigenvalue weighted by molar-refractivity contribution is -0.133. The third-order valence-corrected chi connectivity index (χ3v) is 16.4. The number of alkyl halides is 2. The highest BCUT2D eigenvalue weighted by molar-refractivity contribution is 6.29. The molecule has 0 aliphatic heterocycles. The van der Waals surface area contributed by atoms with E-state index < -0.39 is 59.9 Å². The number of guanidine groups is 2. The Morgan fingerprint density at radius 3 is 0.793 bits per heavy atom. The van der Waals surface area contributed by atoms with Crippen molar-refractivity contribution in [2.45, 2.75) is 203 Å². The molecule has 6 atom stereocenters. The fraction of sp³-hybridized carbons (Fsp3) is 0.514. The summed E-state index contributed by atoms with van der Waals surface area (Å²) >= 11 is 11.8. The van der Waals surface area contributed by atoms with Crippen molar-refractivity contribution < 1.29 is 38.4 Å². The molecule has 22 heteroatoms. The molecule has 502 valence electrons. The van der Waals surface area contributed by atoms with Gasteiger partial charge in [0.1, 0.15) is 24.2 Å². The molecule has 4 rings (SSSR count). The molecule has 0 spiro atoms. The van der Waals surface area contributed by atoms with Crippen molar-refractivity contribution in [1.82, 2.24) is 42.5 Å². The fourth-order valence-electron chi connectivity index (χ4n) is 10.8. The number of amides is 6. The van der Waals surface area contributed by atoms with Gasteiger partial charge in [0.2, 0.25) is 35.4 Å². The molecule has 14 N–H and O–H groups in total. The number of ketones is 2. The van der Waals surface area contributed by atoms with E-state index in [9.17, 15) is 38.4 Å². The van der Waals surface area contributed by atoms with Crippen LogP contribution in [-0.4, -0.2) is 120 Å². The van der Waals surface area contributed by atoms with Crippen LogP contribution in [0.4, 0.5) is 0 Å². The molecule has 20 nitrogen and oxygen atoms in total. The molecule has 0 aliphatic carbocycles. The van der Waals surface area contributed by atoms with Crippen LogP contribution in [0.3, 0.4) is 0 Å². The molecule has 0 aliphatic rings. The maximum absolute atomic E-state index is 14.1. The first kappa shape index (κ1) is 76.6. The molecule has 0 saturated heterocycles. The standard InChI is InChI=1S/C70H100Cl2N12O8/c71-49-61(85)55(39-29-43-77-69(73)74)81-67(91)59(47-53-35-23-17-24-36-53)83-65(89)57(45-51-31-19-15-20-32-51)79-63(87)41-27-13-11-9-7-5-3-1-2-4-6-8-10-12-14-28-42-64(88)80-58(46-52-33-21-16-22-34-52)66(90)84-60(48-54-37-25-18-26-38-54)68(92)82-56(62(86)50-72)40-30-44-78-70(75)76/h15-26,31-38,55-60H,1-14,27-30,39-50H2,(H,79,87)(H,80,88)(H,81,91)(H,82,92)(H,83,89)(H,84,90)(H4,73,74,77)(H4,75,76,78). The lowest BCUT2D eigenvalue weighted by atomic mass is 10.0. The maximum atomic E-state index is 14.1. The van der Waals surface area contributed by atoms with E-state index in [1.54, 1.807) is 0 Å². The van der Waals surface area contributed by atoms with Crippen molar-refractivity contribution in [3.8, 4) is 0 Å². The lowest BCUT2D eigenvalue weighted by Gasteiger charge is -2.25. The molecule has 0 saturated carbocycles. The predicted molar refractivity (Wildman–Crippen MR) is 365 cm³/mol. The van der Waals surface area contributed by atoms with E-state index in [0.717, 1.165) is 73.6 Å². The smallest absolute Gasteiger partial charge is 0.243 e. The Kier molecular flexibility index (Phi) is 38.5. The minimum absolute atomic E-state index is 0.141. The number of rotatable bonds is 49. The van der Waals surface area contributed by atoms with Gasteiger partial charge in [-0.1, -0.05) is 211 Å². The molecule has 0 radical (unpaired) electrons. The second-order valence-corrected chi connectivity index (χ2v) is 24.1. The summed E-state index contributed by atoms with van der Waals surface area (Å²) < 4.78 is 0. The molecular weight excluding hydrogens is 1210 g/mol. The Bertz CT molecular complexity index is 2650. The van der Waals surface area contributed by atoms with Gasteiger partial charge in [-0.25, -0.2) is 0 Å². The Balaban J connectivity index is 1.12. The number of nitrogens with one attached hydrogen (secondary N) is 10. The number of hydrogen-bond acceptors (Lipinski definition) is 10. The normalized spacial score (nSPS) is 12.9. The summed E-state index contributed by atoms with van der Waals surface area (Å²) in [5, 5.41) is 37.4. The predicted octanol–water partition coefficient (Wildman–Crippen LogP) is 8.03. The number of unbranched alkanes of at least 4 members (excludes halogenated alkanes) is 15. The van der Waals surface area contributed by atoms with E-state index in [-0.39, 0.29) is 98.4 Å². The molecule has 0 bridgehead atoms. The molecular formula is C70H100Cl2N12O8. The quantitative estimate of drug-likeness (QED) is 0.00865. The van der Waals surface area contributed by atoms with E-state index in [4.69, 9.17) is 45.5 Å². The van der Waals surface area contributed by atoms with Crippen LogP contribution in [0.5, 0.6) is 0 Å². The number of carbonyl (C=O) groups is 8. The maximum Gasteiger partial charge on any atom is 0.243 e. The SMILES string of the molecule is N=C(N)NCCCC(NC(=O)C(Cc1ccccc1)NC(=O)C(Cc1ccccc1)NC(=O)CCCCCCCCCCCCCCCCCCC(=O)NC(Cc1ccccc1)C(=O)NC(Cc1ccccc1)C(=O)NC(CCCNC(=N)N)C(=O)CCl)C(=O)CCl. The second kappa shape index (κ2) is 46.3. The summed E-state index contributed by atoms with van der Waals surface area (Å²) in [5.74, 6) is -4.45. The minimum Gasteiger partial charge on any atom is -0.370 e. The number of benzene rings is 4. The first-order chi connectivity index (χ1) is 44.5. The van der Waals surface area contributed by atoms with E-state index in [2.05, 4.69) is 42.5 Å². The van der Waals surface area contributed by atoms with Crippen molar-refractivity contribution in [3.63, 3.8) is 0 Å². The highest BCUT2D eigenvalue weighted by atomic mass is 35.5. The van der Waals surface area contributed by atoms with Gasteiger partial charge in [0.25, 0.3) is 0 Å². The monoisotopic (exact) mass is 1310 g/mol. The van der Waals surface area contributed by atoms with Gasteiger partial charge in [-0.15, -0.1) is 23.2 Å². The first-order valence-electron chi connectivity index (χ1n) is 32.8. The van der Waals surface area contributed by atoms with Gasteiger partial charge < -0.3 is 54.0 Å². The third-order valence-electron chi connectivity index (χ3n) is 15.9. The van der Waals surface area contributed by atoms with E-state index in [0.29, 0.717) is 38.8 Å². The van der Waals surface area contributed by atoms with Gasteiger partial charge in [-0.2, -0.15) is 0 Å². The van der Waals surface area contributed by atoms with Crippen molar-refractivity contribution >= 4 is 82.1 Å². The number of carbonyl (C=O) groups excluding carboxylic acids is 8. The molecule has 0 aromatic heterocycles. The fourth-order valence-corrected chi connectivity index (χ4v) is 11.1. The highest BCUT2D eigenvalue weighted by Crippen LogP contribution is 2.17. The van der Waals surface area contributed by atoms with Crippen LogP contribution in [0.1, 0.15) is 164 Å². The van der Waals surface area contributed by atoms with Crippen molar-refractivity contribution in [2.75, 3.05) is 24.8 Å². The Morgan fingerprint density at radius 1 is 0.326 bits per heavy atom. The van der Waals surface area contributed by atoms with Gasteiger partial charge in [-0.05, 0) is 60.8 Å². The summed E-state index contributed by atoms with van der Waals surface area (Å²) in [4.78, 5) is 108. The Hall–Kier alpha value is -7.84. The van der Waals surface area contributed by atoms with Crippen LogP contribution in [0.2, 0.25) is 0 Å². The molecule has 0 fully saturated rings. The van der Waals surface area contributed by atoms with Gasteiger partial charge in [0.15, 0.2) is 23.5 Å². The van der Waals surface area contributed by atoms with Gasteiger partial charge in [0.05, 0.1) is 23.8 Å². The van der Waals surface area contributed by atoms with Crippen LogP contribution in [-0.2, 0) is 64.0 Å². The topological polar surface area (TPSA) is 333 Å².